The summed E-state index contributed by atoms with van der Waals surface area (Å²) < 4.78 is 36.8. The Morgan fingerprint density at radius 2 is 2.00 bits per heavy atom. The number of halogens is 1. The van der Waals surface area contributed by atoms with Crippen molar-refractivity contribution >= 4 is 53.4 Å². The van der Waals surface area contributed by atoms with E-state index in [2.05, 4.69) is 20.9 Å². The minimum absolute atomic E-state index is 0.199. The number of fused-ring (bicyclic) bond motifs is 1. The molecule has 10 heteroatoms. The average Bonchev–Trinajstić information content (AvgIpc) is 3.37. The molecule has 2 aromatic carbocycles. The van der Waals surface area contributed by atoms with E-state index in [1.165, 1.54) is 15.6 Å². The first kappa shape index (κ1) is 23.3. The van der Waals surface area contributed by atoms with Gasteiger partial charge >= 0.3 is 0 Å². The fourth-order valence-corrected chi connectivity index (χ4v) is 7.08. The van der Waals surface area contributed by atoms with Gasteiger partial charge in [-0.3, -0.25) is 4.79 Å². The highest BCUT2D eigenvalue weighted by molar-refractivity contribution is 9.10. The van der Waals surface area contributed by atoms with E-state index in [9.17, 15) is 13.2 Å². The number of rotatable bonds is 6. The van der Waals surface area contributed by atoms with Crippen LogP contribution in [0.3, 0.4) is 0 Å². The van der Waals surface area contributed by atoms with Crippen molar-refractivity contribution in [3.05, 3.63) is 57.3 Å². The topological polar surface area (TPSA) is 81.0 Å². The number of nitrogens with zero attached hydrogens (tertiary/aromatic N) is 3. The number of carbonyl (C=O) groups excluding carboxylic acids is 1. The third kappa shape index (κ3) is 4.60. The summed E-state index contributed by atoms with van der Waals surface area (Å²) >= 11 is 4.89. The highest BCUT2D eigenvalue weighted by Gasteiger charge is 2.39. The molecule has 0 radical (unpaired) electrons. The Balaban J connectivity index is 1.71. The van der Waals surface area contributed by atoms with Crippen molar-refractivity contribution in [2.45, 2.75) is 37.2 Å². The number of carbonyl (C=O) groups is 1. The van der Waals surface area contributed by atoms with E-state index in [0.29, 0.717) is 37.3 Å². The maximum absolute atomic E-state index is 13.2. The van der Waals surface area contributed by atoms with Gasteiger partial charge in [-0.1, -0.05) is 45.0 Å². The number of hydrogen-bond donors (Lipinski definition) is 0. The van der Waals surface area contributed by atoms with Crippen molar-refractivity contribution in [3.8, 4) is 0 Å². The standard InChI is InChI=1S/C22H24BrN3O4S2/c1-15-5-8-17(9-6-15)32(28,29)26-11-3-4-19(26)21(27)24-22-25(12-13-30-2)18-10-7-16(23)14-20(18)31-22/h5-10,14,19H,3-4,11-13H2,1-2H3. The lowest BCUT2D eigenvalue weighted by molar-refractivity contribution is -0.121. The molecule has 32 heavy (non-hydrogen) atoms. The minimum atomic E-state index is -3.77. The normalized spacial score (nSPS) is 18.0. The van der Waals surface area contributed by atoms with Gasteiger partial charge in [-0.2, -0.15) is 9.30 Å². The largest absolute Gasteiger partial charge is 0.383 e. The predicted octanol–water partition coefficient (Wildman–Crippen LogP) is 3.70. The van der Waals surface area contributed by atoms with Crippen LogP contribution in [-0.2, 0) is 26.1 Å². The van der Waals surface area contributed by atoms with E-state index in [1.807, 2.05) is 29.7 Å². The summed E-state index contributed by atoms with van der Waals surface area (Å²) in [6.07, 6.45) is 1.09. The number of methoxy groups -OCH3 is 1. The third-order valence-electron chi connectivity index (χ3n) is 5.49. The summed E-state index contributed by atoms with van der Waals surface area (Å²) in [5.74, 6) is -0.435. The quantitative estimate of drug-likeness (QED) is 0.480. The van der Waals surface area contributed by atoms with Gasteiger partial charge < -0.3 is 9.30 Å². The van der Waals surface area contributed by atoms with Gasteiger partial charge in [-0.15, -0.1) is 0 Å². The number of thiazole rings is 1. The van der Waals surface area contributed by atoms with Crippen molar-refractivity contribution in [1.29, 1.82) is 0 Å². The van der Waals surface area contributed by atoms with Gasteiger partial charge in [0.05, 0.1) is 21.7 Å². The van der Waals surface area contributed by atoms with Crippen LogP contribution in [0.25, 0.3) is 10.2 Å². The van der Waals surface area contributed by atoms with Crippen LogP contribution in [0.15, 0.2) is 56.8 Å². The Labute approximate surface area is 199 Å². The summed E-state index contributed by atoms with van der Waals surface area (Å²) in [4.78, 5) is 18.3. The van der Waals surface area contributed by atoms with Crippen molar-refractivity contribution < 1.29 is 17.9 Å². The Morgan fingerprint density at radius 3 is 2.72 bits per heavy atom. The molecular formula is C22H24BrN3O4S2. The molecule has 170 valence electrons. The van der Waals surface area contributed by atoms with Crippen LogP contribution in [0.5, 0.6) is 0 Å². The van der Waals surface area contributed by atoms with E-state index in [4.69, 9.17) is 4.74 Å². The average molecular weight is 538 g/mol. The Morgan fingerprint density at radius 1 is 1.25 bits per heavy atom. The Kier molecular flexibility index (Phi) is 6.97. The molecule has 1 fully saturated rings. The molecule has 7 nitrogen and oxygen atoms in total. The van der Waals surface area contributed by atoms with Gasteiger partial charge in [0.2, 0.25) is 10.0 Å². The number of ether oxygens (including phenoxy) is 1. The molecule has 0 bridgehead atoms. The van der Waals surface area contributed by atoms with Gasteiger partial charge in [0.1, 0.15) is 6.04 Å². The van der Waals surface area contributed by atoms with Crippen molar-refractivity contribution in [2.24, 2.45) is 4.99 Å². The summed E-state index contributed by atoms with van der Waals surface area (Å²) in [6.45, 7) is 3.23. The second-order valence-electron chi connectivity index (χ2n) is 7.68. The molecular weight excluding hydrogens is 514 g/mol. The molecule has 0 saturated carbocycles. The van der Waals surface area contributed by atoms with E-state index in [-0.39, 0.29) is 4.90 Å². The number of sulfonamides is 1. The molecule has 2 heterocycles. The van der Waals surface area contributed by atoms with Gasteiger partial charge in [-0.05, 0) is 50.1 Å². The zero-order valence-corrected chi connectivity index (χ0v) is 21.0. The van der Waals surface area contributed by atoms with Crippen LogP contribution in [0.4, 0.5) is 0 Å². The predicted molar refractivity (Wildman–Crippen MR) is 128 cm³/mol. The molecule has 1 atom stereocenters. The lowest BCUT2D eigenvalue weighted by Gasteiger charge is -2.21. The molecule has 0 N–H and O–H groups in total. The first-order valence-corrected chi connectivity index (χ1v) is 13.3. The Hall–Kier alpha value is -1.85. The highest BCUT2D eigenvalue weighted by Crippen LogP contribution is 2.27. The number of amides is 1. The van der Waals surface area contributed by atoms with Crippen LogP contribution in [-0.4, -0.2) is 49.5 Å². The fourth-order valence-electron chi connectivity index (χ4n) is 3.82. The van der Waals surface area contributed by atoms with E-state index in [0.717, 1.165) is 20.3 Å². The number of aromatic nitrogens is 1. The maximum atomic E-state index is 13.2. The van der Waals surface area contributed by atoms with E-state index < -0.39 is 22.0 Å². The highest BCUT2D eigenvalue weighted by atomic mass is 79.9. The maximum Gasteiger partial charge on any atom is 0.266 e. The van der Waals surface area contributed by atoms with Crippen LogP contribution in [0, 0.1) is 6.92 Å². The summed E-state index contributed by atoms with van der Waals surface area (Å²) in [5.41, 5.74) is 1.93. The van der Waals surface area contributed by atoms with Crippen LogP contribution < -0.4 is 4.80 Å². The molecule has 1 aliphatic heterocycles. The lowest BCUT2D eigenvalue weighted by atomic mass is 10.2. The van der Waals surface area contributed by atoms with Crippen LogP contribution in [0.2, 0.25) is 0 Å². The van der Waals surface area contributed by atoms with Gasteiger partial charge in [0, 0.05) is 24.7 Å². The minimum Gasteiger partial charge on any atom is -0.383 e. The Bertz CT molecular complexity index is 1310. The molecule has 1 amide bonds. The summed E-state index contributed by atoms with van der Waals surface area (Å²) in [5, 5.41) is 0. The molecule has 1 saturated heterocycles. The molecule has 1 unspecified atom stereocenters. The van der Waals surface area contributed by atoms with Crippen molar-refractivity contribution in [3.63, 3.8) is 0 Å². The monoisotopic (exact) mass is 537 g/mol. The number of hydrogen-bond acceptors (Lipinski definition) is 5. The third-order valence-corrected chi connectivity index (χ3v) is 8.94. The van der Waals surface area contributed by atoms with Gasteiger partial charge in [-0.25, -0.2) is 8.42 Å². The van der Waals surface area contributed by atoms with Gasteiger partial charge in [0.25, 0.3) is 5.91 Å². The fraction of sp³-hybridized carbons (Fsp3) is 0.364. The van der Waals surface area contributed by atoms with Crippen molar-refractivity contribution in [1.82, 2.24) is 8.87 Å². The smallest absolute Gasteiger partial charge is 0.266 e. The van der Waals surface area contributed by atoms with Gasteiger partial charge in [0.15, 0.2) is 4.80 Å². The number of aryl methyl sites for hydroxylation is 1. The summed E-state index contributed by atoms with van der Waals surface area (Å²) in [6, 6.07) is 11.8. The molecule has 1 aromatic heterocycles. The molecule has 4 rings (SSSR count). The summed E-state index contributed by atoms with van der Waals surface area (Å²) in [7, 11) is -2.15. The first-order valence-electron chi connectivity index (χ1n) is 10.3. The second kappa shape index (κ2) is 9.56. The first-order chi connectivity index (χ1) is 15.3. The molecule has 3 aromatic rings. The van der Waals surface area contributed by atoms with Crippen LogP contribution in [0.1, 0.15) is 18.4 Å². The van der Waals surface area contributed by atoms with Crippen molar-refractivity contribution in [2.75, 3.05) is 20.3 Å². The second-order valence-corrected chi connectivity index (χ2v) is 11.5. The zero-order valence-electron chi connectivity index (χ0n) is 17.8. The number of benzene rings is 2. The van der Waals surface area contributed by atoms with E-state index >= 15 is 0 Å². The van der Waals surface area contributed by atoms with Crippen LogP contribution >= 0.6 is 27.3 Å². The molecule has 0 aliphatic carbocycles. The molecule has 1 aliphatic rings. The lowest BCUT2D eigenvalue weighted by Crippen LogP contribution is -2.40. The zero-order chi connectivity index (χ0) is 22.9. The van der Waals surface area contributed by atoms with E-state index in [1.54, 1.807) is 31.4 Å². The molecule has 0 spiro atoms. The SMILES string of the molecule is COCCn1c(=NC(=O)C2CCCN2S(=O)(=O)c2ccc(C)cc2)sc2cc(Br)ccc21.